The summed E-state index contributed by atoms with van der Waals surface area (Å²) in [5.41, 5.74) is 2.20. The summed E-state index contributed by atoms with van der Waals surface area (Å²) in [6.45, 7) is 8.03. The molecule has 0 spiro atoms. The maximum atomic E-state index is 14.2. The summed E-state index contributed by atoms with van der Waals surface area (Å²) in [6.07, 6.45) is 3.63. The Kier molecular flexibility index (Phi) is 8.75. The number of para-hydroxylation sites is 1. The number of amides is 3. The lowest BCUT2D eigenvalue weighted by Gasteiger charge is -2.30. The van der Waals surface area contributed by atoms with Crippen LogP contribution in [0.15, 0.2) is 52.9 Å². The van der Waals surface area contributed by atoms with E-state index in [1.54, 1.807) is 27.7 Å². The van der Waals surface area contributed by atoms with Gasteiger partial charge in [0, 0.05) is 36.4 Å². The Morgan fingerprint density at radius 1 is 1.05 bits per heavy atom. The number of hydrogen-bond acceptors (Lipinski definition) is 6. The fourth-order valence-corrected chi connectivity index (χ4v) is 5.78. The zero-order chi connectivity index (χ0) is 29.9. The van der Waals surface area contributed by atoms with E-state index >= 15 is 0 Å². The van der Waals surface area contributed by atoms with Gasteiger partial charge in [0.25, 0.3) is 0 Å². The third-order valence-corrected chi connectivity index (χ3v) is 7.80. The van der Waals surface area contributed by atoms with Crippen LogP contribution in [0.3, 0.4) is 0 Å². The van der Waals surface area contributed by atoms with E-state index in [4.69, 9.17) is 13.9 Å². The summed E-state index contributed by atoms with van der Waals surface area (Å²) in [6, 6.07) is 14.0. The average Bonchev–Trinajstić information content (AvgIpc) is 3.54. The first-order valence-corrected chi connectivity index (χ1v) is 14.9. The molecule has 0 unspecified atom stereocenters. The molecule has 0 aliphatic carbocycles. The van der Waals surface area contributed by atoms with Crippen molar-refractivity contribution < 1.29 is 28.3 Å². The standard InChI is InChI=1S/C33H41N3O6/c1-21(34-32(39)42-33(2,3)4)30(37)35-27-19-22-13-15-24(16-14-22)40-18-8-12-29-26(25-10-5-6-11-28(25)41-29)20-23-9-7-17-36(23)31(27)38/h5-6,10-11,13-16,21,23,27H,7-9,12,17-20H2,1-4H3,(H,34,39)(H,35,37)/t21-,23-,27-/m0/s1. The molecule has 3 aliphatic rings. The zero-order valence-electron chi connectivity index (χ0n) is 24.9. The first-order valence-electron chi connectivity index (χ1n) is 14.9. The van der Waals surface area contributed by atoms with Crippen LogP contribution in [-0.2, 0) is 33.6 Å². The van der Waals surface area contributed by atoms with Crippen LogP contribution in [0, 0.1) is 0 Å². The highest BCUT2D eigenvalue weighted by molar-refractivity contribution is 5.91. The molecule has 2 aromatic carbocycles. The second-order valence-corrected chi connectivity index (χ2v) is 12.3. The van der Waals surface area contributed by atoms with Crippen LogP contribution < -0.4 is 15.4 Å². The Hall–Kier alpha value is -4.01. The number of alkyl carbamates (subject to hydrolysis) is 1. The van der Waals surface area contributed by atoms with Gasteiger partial charge >= 0.3 is 6.09 Å². The van der Waals surface area contributed by atoms with Crippen molar-refractivity contribution in [1.82, 2.24) is 15.5 Å². The van der Waals surface area contributed by atoms with E-state index in [0.29, 0.717) is 26.0 Å². The second-order valence-electron chi connectivity index (χ2n) is 12.3. The fourth-order valence-electron chi connectivity index (χ4n) is 5.78. The van der Waals surface area contributed by atoms with Gasteiger partial charge in [0.2, 0.25) is 11.8 Å². The summed E-state index contributed by atoms with van der Waals surface area (Å²) in [5.74, 6) is 1.11. The molecule has 6 rings (SSSR count). The van der Waals surface area contributed by atoms with E-state index in [2.05, 4.69) is 16.7 Å². The molecule has 42 heavy (non-hydrogen) atoms. The van der Waals surface area contributed by atoms with E-state index in [1.807, 2.05) is 47.4 Å². The van der Waals surface area contributed by atoms with Crippen molar-refractivity contribution in [3.63, 3.8) is 0 Å². The predicted octanol–water partition coefficient (Wildman–Crippen LogP) is 4.93. The molecule has 0 saturated carbocycles. The smallest absolute Gasteiger partial charge is 0.408 e. The van der Waals surface area contributed by atoms with Crippen LogP contribution >= 0.6 is 0 Å². The Morgan fingerprint density at radius 2 is 1.81 bits per heavy atom. The lowest BCUT2D eigenvalue weighted by atomic mass is 9.98. The number of ether oxygens (including phenoxy) is 2. The summed E-state index contributed by atoms with van der Waals surface area (Å²) in [5, 5.41) is 6.59. The molecule has 3 amide bonds. The first-order chi connectivity index (χ1) is 20.1. The van der Waals surface area contributed by atoms with Gasteiger partial charge in [-0.05, 0) is 77.1 Å². The molecule has 9 heteroatoms. The van der Waals surface area contributed by atoms with Crippen LogP contribution in [0.4, 0.5) is 4.79 Å². The van der Waals surface area contributed by atoms with Crippen molar-refractivity contribution in [2.24, 2.45) is 0 Å². The maximum absolute atomic E-state index is 14.2. The quantitative estimate of drug-likeness (QED) is 0.458. The highest BCUT2D eigenvalue weighted by Crippen LogP contribution is 2.32. The van der Waals surface area contributed by atoms with E-state index in [-0.39, 0.29) is 11.9 Å². The molecule has 2 N–H and O–H groups in total. The third kappa shape index (κ3) is 7.06. The lowest BCUT2D eigenvalue weighted by molar-refractivity contribution is -0.137. The first kappa shape index (κ1) is 29.5. The van der Waals surface area contributed by atoms with Gasteiger partial charge in [0.05, 0.1) is 6.61 Å². The van der Waals surface area contributed by atoms with Crippen molar-refractivity contribution in [3.05, 3.63) is 65.4 Å². The largest absolute Gasteiger partial charge is 0.494 e. The average molecular weight is 576 g/mol. The minimum Gasteiger partial charge on any atom is -0.494 e. The predicted molar refractivity (Wildman–Crippen MR) is 159 cm³/mol. The fraction of sp³-hybridized carbons (Fsp3) is 0.485. The van der Waals surface area contributed by atoms with Crippen LogP contribution in [0.5, 0.6) is 5.75 Å². The van der Waals surface area contributed by atoms with Crippen LogP contribution in [0.1, 0.15) is 63.8 Å². The van der Waals surface area contributed by atoms with Crippen LogP contribution in [-0.4, -0.2) is 59.7 Å². The van der Waals surface area contributed by atoms with Gasteiger partial charge in [0.1, 0.15) is 34.8 Å². The SMILES string of the molecule is C[C@H](NC(=O)OC(C)(C)C)C(=O)N[C@H]1Cc2ccc(cc2)OCCCc2oc3ccccc3c2C[C@@H]2CCCN2C1=O. The van der Waals surface area contributed by atoms with Gasteiger partial charge in [-0.2, -0.15) is 0 Å². The van der Waals surface area contributed by atoms with Crippen LogP contribution in [0.2, 0.25) is 0 Å². The highest BCUT2D eigenvalue weighted by Gasteiger charge is 2.36. The van der Waals surface area contributed by atoms with Crippen LogP contribution in [0.25, 0.3) is 11.0 Å². The van der Waals surface area contributed by atoms with Crippen molar-refractivity contribution in [2.75, 3.05) is 13.2 Å². The van der Waals surface area contributed by atoms with Gasteiger partial charge < -0.3 is 29.4 Å². The van der Waals surface area contributed by atoms with Gasteiger partial charge in [-0.15, -0.1) is 0 Å². The molecule has 4 heterocycles. The molecule has 9 nitrogen and oxygen atoms in total. The summed E-state index contributed by atoms with van der Waals surface area (Å²) < 4.78 is 17.6. The van der Waals surface area contributed by atoms with E-state index in [1.165, 1.54) is 0 Å². The van der Waals surface area contributed by atoms with Gasteiger partial charge in [-0.3, -0.25) is 9.59 Å². The van der Waals surface area contributed by atoms with E-state index in [9.17, 15) is 14.4 Å². The zero-order valence-corrected chi connectivity index (χ0v) is 24.9. The molecule has 0 radical (unpaired) electrons. The normalized spacial score (nSPS) is 20.4. The monoisotopic (exact) mass is 575 g/mol. The second kappa shape index (κ2) is 12.5. The van der Waals surface area contributed by atoms with Gasteiger partial charge in [-0.1, -0.05) is 30.3 Å². The van der Waals surface area contributed by atoms with E-state index in [0.717, 1.165) is 59.3 Å². The number of hydrogen-bond donors (Lipinski definition) is 2. The van der Waals surface area contributed by atoms with E-state index < -0.39 is 29.7 Å². The number of benzene rings is 2. The number of nitrogens with zero attached hydrogens (tertiary/aromatic N) is 1. The van der Waals surface area contributed by atoms with Crippen molar-refractivity contribution in [2.45, 2.75) is 89.9 Å². The molecule has 1 aromatic heterocycles. The highest BCUT2D eigenvalue weighted by atomic mass is 16.6. The number of furan rings is 1. The molecule has 3 aliphatic heterocycles. The Bertz CT molecular complexity index is 1420. The van der Waals surface area contributed by atoms with Crippen molar-refractivity contribution in [3.8, 4) is 5.75 Å². The Morgan fingerprint density at radius 3 is 2.57 bits per heavy atom. The molecule has 224 valence electrons. The maximum Gasteiger partial charge on any atom is 0.408 e. The summed E-state index contributed by atoms with van der Waals surface area (Å²) in [7, 11) is 0. The number of aryl methyl sites for hydroxylation is 1. The molecule has 3 atom stereocenters. The van der Waals surface area contributed by atoms with Gasteiger partial charge in [-0.25, -0.2) is 4.79 Å². The number of fused-ring (bicyclic) bond motifs is 8. The third-order valence-electron chi connectivity index (χ3n) is 7.80. The minimum absolute atomic E-state index is 0.0134. The van der Waals surface area contributed by atoms with Crippen molar-refractivity contribution >= 4 is 28.9 Å². The molecule has 1 fully saturated rings. The molecule has 3 aromatic rings. The Labute approximate surface area is 246 Å². The Balaban J connectivity index is 1.42. The number of carbonyl (C=O) groups excluding carboxylic acids is 3. The molecule has 1 saturated heterocycles. The van der Waals surface area contributed by atoms with Gasteiger partial charge in [0.15, 0.2) is 0 Å². The number of rotatable bonds is 3. The molecule has 2 bridgehead atoms. The molecular formula is C33H41N3O6. The molecular weight excluding hydrogens is 534 g/mol. The summed E-state index contributed by atoms with van der Waals surface area (Å²) in [4.78, 5) is 41.6. The lowest BCUT2D eigenvalue weighted by Crippen LogP contribution is -2.55. The number of carbonyl (C=O) groups is 3. The summed E-state index contributed by atoms with van der Waals surface area (Å²) >= 11 is 0. The van der Waals surface area contributed by atoms with Crippen molar-refractivity contribution in [1.29, 1.82) is 0 Å². The number of nitrogens with one attached hydrogen (secondary N) is 2. The topological polar surface area (TPSA) is 110 Å². The minimum atomic E-state index is -0.891.